The van der Waals surface area contributed by atoms with E-state index in [1.165, 1.54) is 0 Å². The average Bonchev–Trinajstić information content (AvgIpc) is 3.10. The molecule has 0 bridgehead atoms. The van der Waals surface area contributed by atoms with Gasteiger partial charge in [-0.05, 0) is 30.2 Å². The van der Waals surface area contributed by atoms with Crippen LogP contribution in [0.15, 0.2) is 60.8 Å². The van der Waals surface area contributed by atoms with Gasteiger partial charge in [-0.2, -0.15) is 0 Å². The molecule has 1 atom stereocenters. The average molecular weight is 394 g/mol. The normalized spacial score (nSPS) is 16.5. The van der Waals surface area contributed by atoms with Crippen molar-refractivity contribution in [2.24, 2.45) is 5.92 Å². The SMILES string of the molecule is O=C(NCCc1cccc2cccnc12)[C@@H]1CC(=O)N(c2ccccc2Cl)C1. The largest absolute Gasteiger partial charge is 0.355 e. The molecule has 0 unspecified atom stereocenters. The molecule has 3 aromatic rings. The molecule has 28 heavy (non-hydrogen) atoms. The number of nitrogens with zero attached hydrogens (tertiary/aromatic N) is 2. The fourth-order valence-corrected chi connectivity index (χ4v) is 3.86. The fraction of sp³-hybridized carbons (Fsp3) is 0.227. The monoisotopic (exact) mass is 393 g/mol. The molecule has 1 aliphatic rings. The molecule has 4 rings (SSSR count). The predicted molar refractivity (Wildman–Crippen MR) is 110 cm³/mol. The summed E-state index contributed by atoms with van der Waals surface area (Å²) in [6, 6.07) is 17.2. The Balaban J connectivity index is 1.37. The van der Waals surface area contributed by atoms with Crippen molar-refractivity contribution in [3.05, 3.63) is 71.4 Å². The van der Waals surface area contributed by atoms with Gasteiger partial charge in [0.05, 0.1) is 22.1 Å². The van der Waals surface area contributed by atoms with Crippen LogP contribution in [0.1, 0.15) is 12.0 Å². The van der Waals surface area contributed by atoms with Crippen molar-refractivity contribution < 1.29 is 9.59 Å². The van der Waals surface area contributed by atoms with E-state index in [-0.39, 0.29) is 24.2 Å². The molecule has 142 valence electrons. The minimum atomic E-state index is -0.366. The molecular weight excluding hydrogens is 374 g/mol. The smallest absolute Gasteiger partial charge is 0.227 e. The Kier molecular flexibility index (Phi) is 5.26. The Morgan fingerprint density at radius 3 is 2.82 bits per heavy atom. The molecule has 6 heteroatoms. The first-order valence-electron chi connectivity index (χ1n) is 9.29. The van der Waals surface area contributed by atoms with Crippen LogP contribution in [0.4, 0.5) is 5.69 Å². The third-order valence-electron chi connectivity index (χ3n) is 5.05. The summed E-state index contributed by atoms with van der Waals surface area (Å²) in [5, 5.41) is 4.57. The summed E-state index contributed by atoms with van der Waals surface area (Å²) in [7, 11) is 0. The van der Waals surface area contributed by atoms with Crippen LogP contribution >= 0.6 is 11.6 Å². The van der Waals surface area contributed by atoms with E-state index < -0.39 is 0 Å². The number of benzene rings is 2. The summed E-state index contributed by atoms with van der Waals surface area (Å²) in [4.78, 5) is 31.0. The van der Waals surface area contributed by atoms with E-state index in [0.717, 1.165) is 16.5 Å². The molecule has 2 aromatic carbocycles. The van der Waals surface area contributed by atoms with Gasteiger partial charge in [0.1, 0.15) is 0 Å². The molecule has 0 saturated carbocycles. The van der Waals surface area contributed by atoms with Crippen LogP contribution in [-0.2, 0) is 16.0 Å². The van der Waals surface area contributed by atoms with Gasteiger partial charge in [0.15, 0.2) is 0 Å². The number of fused-ring (bicyclic) bond motifs is 1. The Labute approximate surface area is 168 Å². The number of para-hydroxylation sites is 2. The second-order valence-corrected chi connectivity index (χ2v) is 7.30. The highest BCUT2D eigenvalue weighted by atomic mass is 35.5. The fourth-order valence-electron chi connectivity index (χ4n) is 3.62. The van der Waals surface area contributed by atoms with Crippen LogP contribution < -0.4 is 10.2 Å². The summed E-state index contributed by atoms with van der Waals surface area (Å²) in [6.07, 6.45) is 2.67. The maximum absolute atomic E-state index is 12.6. The molecule has 0 radical (unpaired) electrons. The van der Waals surface area contributed by atoms with Gasteiger partial charge in [0.25, 0.3) is 0 Å². The lowest BCUT2D eigenvalue weighted by Gasteiger charge is -2.18. The maximum Gasteiger partial charge on any atom is 0.227 e. The van der Waals surface area contributed by atoms with Gasteiger partial charge >= 0.3 is 0 Å². The van der Waals surface area contributed by atoms with Crippen LogP contribution in [0.3, 0.4) is 0 Å². The second kappa shape index (κ2) is 7.98. The Bertz CT molecular complexity index is 1030. The van der Waals surface area contributed by atoms with Crippen LogP contribution in [-0.4, -0.2) is 29.9 Å². The van der Waals surface area contributed by atoms with Crippen molar-refractivity contribution in [1.82, 2.24) is 10.3 Å². The van der Waals surface area contributed by atoms with Crippen molar-refractivity contribution >= 4 is 40.0 Å². The standard InChI is InChI=1S/C22H20ClN3O2/c23-18-8-1-2-9-19(18)26-14-17(13-20(26)27)22(28)25-12-10-16-6-3-5-15-7-4-11-24-21(15)16/h1-9,11,17H,10,12-14H2,(H,25,28)/t17-/m1/s1. The zero-order chi connectivity index (χ0) is 19.5. The van der Waals surface area contributed by atoms with E-state index >= 15 is 0 Å². The number of carbonyl (C=O) groups excluding carboxylic acids is 2. The number of nitrogens with one attached hydrogen (secondary N) is 1. The van der Waals surface area contributed by atoms with Crippen molar-refractivity contribution in [2.45, 2.75) is 12.8 Å². The predicted octanol–water partition coefficient (Wildman–Crippen LogP) is 3.60. The molecule has 1 saturated heterocycles. The minimum absolute atomic E-state index is 0.0773. The number of pyridine rings is 1. The zero-order valence-electron chi connectivity index (χ0n) is 15.3. The van der Waals surface area contributed by atoms with Gasteiger partial charge in [0.2, 0.25) is 11.8 Å². The van der Waals surface area contributed by atoms with Crippen LogP contribution in [0.5, 0.6) is 0 Å². The van der Waals surface area contributed by atoms with Crippen LogP contribution in [0, 0.1) is 5.92 Å². The molecule has 1 aliphatic heterocycles. The van der Waals surface area contributed by atoms with E-state index in [2.05, 4.69) is 10.3 Å². The third kappa shape index (κ3) is 3.71. The molecule has 0 spiro atoms. The Morgan fingerprint density at radius 1 is 1.14 bits per heavy atom. The zero-order valence-corrected chi connectivity index (χ0v) is 16.0. The molecule has 0 aliphatic carbocycles. The minimum Gasteiger partial charge on any atom is -0.355 e. The van der Waals surface area contributed by atoms with Crippen molar-refractivity contribution in [2.75, 3.05) is 18.0 Å². The molecule has 1 fully saturated rings. The lowest BCUT2D eigenvalue weighted by atomic mass is 10.1. The van der Waals surface area contributed by atoms with E-state index in [1.54, 1.807) is 23.2 Å². The number of hydrogen-bond acceptors (Lipinski definition) is 3. The lowest BCUT2D eigenvalue weighted by molar-refractivity contribution is -0.126. The van der Waals surface area contributed by atoms with Gasteiger partial charge < -0.3 is 10.2 Å². The summed E-state index contributed by atoms with van der Waals surface area (Å²) in [6.45, 7) is 0.857. The van der Waals surface area contributed by atoms with Gasteiger partial charge in [-0.25, -0.2) is 0 Å². The number of aromatic nitrogens is 1. The first-order valence-corrected chi connectivity index (χ1v) is 9.66. The van der Waals surface area contributed by atoms with Crippen molar-refractivity contribution in [3.8, 4) is 0 Å². The maximum atomic E-state index is 12.6. The van der Waals surface area contributed by atoms with Gasteiger partial charge in [-0.3, -0.25) is 14.6 Å². The second-order valence-electron chi connectivity index (χ2n) is 6.89. The van der Waals surface area contributed by atoms with Crippen molar-refractivity contribution in [3.63, 3.8) is 0 Å². The van der Waals surface area contributed by atoms with Gasteiger partial charge in [-0.15, -0.1) is 0 Å². The summed E-state index contributed by atoms with van der Waals surface area (Å²) < 4.78 is 0. The van der Waals surface area contributed by atoms with E-state index in [4.69, 9.17) is 11.6 Å². The summed E-state index contributed by atoms with van der Waals surface area (Å²) >= 11 is 6.20. The highest BCUT2D eigenvalue weighted by molar-refractivity contribution is 6.33. The van der Waals surface area contributed by atoms with Crippen LogP contribution in [0.2, 0.25) is 5.02 Å². The molecular formula is C22H20ClN3O2. The first kappa shape index (κ1) is 18.4. The Morgan fingerprint density at radius 2 is 1.96 bits per heavy atom. The number of hydrogen-bond donors (Lipinski definition) is 1. The number of halogens is 1. The van der Waals surface area contributed by atoms with Crippen molar-refractivity contribution in [1.29, 1.82) is 0 Å². The first-order chi connectivity index (χ1) is 13.6. The number of anilines is 1. The summed E-state index contributed by atoms with van der Waals surface area (Å²) in [5.41, 5.74) is 2.71. The van der Waals surface area contributed by atoms with Gasteiger partial charge in [-0.1, -0.05) is 48.0 Å². The van der Waals surface area contributed by atoms with E-state index in [9.17, 15) is 9.59 Å². The third-order valence-corrected chi connectivity index (χ3v) is 5.37. The van der Waals surface area contributed by atoms with Gasteiger partial charge in [0, 0.05) is 31.1 Å². The number of amides is 2. The van der Waals surface area contributed by atoms with Crippen LogP contribution in [0.25, 0.3) is 10.9 Å². The molecule has 1 aromatic heterocycles. The Hall–Kier alpha value is -2.92. The number of rotatable bonds is 5. The highest BCUT2D eigenvalue weighted by Crippen LogP contribution is 2.31. The quantitative estimate of drug-likeness (QED) is 0.720. The molecule has 5 nitrogen and oxygen atoms in total. The highest BCUT2D eigenvalue weighted by Gasteiger charge is 2.35. The topological polar surface area (TPSA) is 62.3 Å². The number of carbonyl (C=O) groups is 2. The molecule has 2 heterocycles. The lowest BCUT2D eigenvalue weighted by Crippen LogP contribution is -2.34. The molecule has 1 N–H and O–H groups in total. The summed E-state index contributed by atoms with van der Waals surface area (Å²) in [5.74, 6) is -0.544. The molecule has 2 amide bonds. The van der Waals surface area contributed by atoms with E-state index in [0.29, 0.717) is 30.2 Å². The van der Waals surface area contributed by atoms with E-state index in [1.807, 2.05) is 42.5 Å².